The zero-order valence-electron chi connectivity index (χ0n) is 20.6. The van der Waals surface area contributed by atoms with E-state index in [-0.39, 0.29) is 18.9 Å². The number of nitrogens with one attached hydrogen (secondary N) is 5. The first-order chi connectivity index (χ1) is 16.8. The van der Waals surface area contributed by atoms with Crippen LogP contribution in [-0.2, 0) is 33.6 Å². The number of carboxylic acid groups (broad SMARTS) is 1. The van der Waals surface area contributed by atoms with Crippen LogP contribution in [0.5, 0.6) is 0 Å². The Hall–Kier alpha value is -3.55. The molecular formula is C22H35N5O9. The molecule has 1 saturated carbocycles. The van der Waals surface area contributed by atoms with Crippen LogP contribution in [-0.4, -0.2) is 88.8 Å². The molecule has 4 atom stereocenters. The van der Waals surface area contributed by atoms with Gasteiger partial charge in [0, 0.05) is 13.5 Å². The minimum atomic E-state index is -1.41. The topological polar surface area (TPSA) is 220 Å². The van der Waals surface area contributed by atoms with Gasteiger partial charge in [0.05, 0.1) is 25.1 Å². The van der Waals surface area contributed by atoms with E-state index >= 15 is 0 Å². The number of hydrogen-bond acceptors (Lipinski definition) is 8. The van der Waals surface area contributed by atoms with Crippen molar-refractivity contribution in [3.05, 3.63) is 0 Å². The average molecular weight is 514 g/mol. The lowest BCUT2D eigenvalue weighted by Gasteiger charge is -2.27. The summed E-state index contributed by atoms with van der Waals surface area (Å²) in [6, 6.07) is -3.53. The van der Waals surface area contributed by atoms with Crippen LogP contribution < -0.4 is 26.6 Å². The number of carbonyl (C=O) groups excluding carboxylic acids is 6. The summed E-state index contributed by atoms with van der Waals surface area (Å²) in [6.45, 7) is 2.92. The Labute approximate surface area is 208 Å². The number of aliphatic hydroxyl groups excluding tert-OH is 1. The Morgan fingerprint density at radius 1 is 0.889 bits per heavy atom. The van der Waals surface area contributed by atoms with Gasteiger partial charge in [-0.3, -0.25) is 33.6 Å². The normalized spacial score (nSPS) is 16.6. The molecule has 14 nitrogen and oxygen atoms in total. The first kappa shape index (κ1) is 30.5. The number of hydrogen-bond donors (Lipinski definition) is 7. The van der Waals surface area contributed by atoms with Gasteiger partial charge in [-0.25, -0.2) is 0 Å². The summed E-state index contributed by atoms with van der Waals surface area (Å²) in [6.07, 6.45) is 1.59. The maximum atomic E-state index is 12.8. The minimum Gasteiger partial charge on any atom is -0.481 e. The molecule has 0 aliphatic heterocycles. The number of aliphatic hydroxyl groups is 1. The fraction of sp³-hybridized carbons (Fsp3) is 0.682. The van der Waals surface area contributed by atoms with Crippen molar-refractivity contribution in [3.8, 4) is 0 Å². The van der Waals surface area contributed by atoms with Gasteiger partial charge in [-0.05, 0) is 32.6 Å². The van der Waals surface area contributed by atoms with Crippen molar-refractivity contribution >= 4 is 41.3 Å². The summed E-state index contributed by atoms with van der Waals surface area (Å²) in [5, 5.41) is 30.2. The SMILES string of the molecule is CC(=O)N[C@H](C(=O)N[C@H](C(=O)NCC(=O)NC(C)C(=O)C(=O)NCCC(=O)O)[C@@H](C)O)C1CCCC1. The lowest BCUT2D eigenvalue weighted by atomic mass is 9.96. The summed E-state index contributed by atoms with van der Waals surface area (Å²) in [5.41, 5.74) is 0. The van der Waals surface area contributed by atoms with E-state index in [2.05, 4.69) is 26.6 Å². The van der Waals surface area contributed by atoms with Gasteiger partial charge in [0.25, 0.3) is 5.91 Å². The average Bonchev–Trinajstić information content (AvgIpc) is 3.32. The maximum Gasteiger partial charge on any atom is 0.305 e. The van der Waals surface area contributed by atoms with E-state index < -0.39 is 72.1 Å². The van der Waals surface area contributed by atoms with Crippen LogP contribution in [0.25, 0.3) is 0 Å². The summed E-state index contributed by atoms with van der Waals surface area (Å²) in [5.74, 6) is -6.06. The van der Waals surface area contributed by atoms with Crippen molar-refractivity contribution < 1.29 is 43.8 Å². The van der Waals surface area contributed by atoms with Crippen LogP contribution in [0.15, 0.2) is 0 Å². The van der Waals surface area contributed by atoms with E-state index in [4.69, 9.17) is 5.11 Å². The van der Waals surface area contributed by atoms with E-state index in [1.165, 1.54) is 20.8 Å². The number of ketones is 1. The standard InChI is InChI=1S/C22H35N5O9/c1-11(19(33)22(36)23-9-8-16(31)32)25-15(30)10-24-20(34)17(12(2)28)27-21(35)18(26-13(3)29)14-6-4-5-7-14/h11-12,14,17-18,28H,4-10H2,1-3H3,(H,23,36)(H,24,34)(H,25,30)(H,26,29)(H,27,35)(H,31,32)/t11?,12-,17+,18+/m1/s1. The lowest BCUT2D eigenvalue weighted by molar-refractivity contribution is -0.140. The highest BCUT2D eigenvalue weighted by Gasteiger charge is 2.35. The molecule has 0 bridgehead atoms. The Morgan fingerprint density at radius 3 is 2.03 bits per heavy atom. The number of amides is 5. The summed E-state index contributed by atoms with van der Waals surface area (Å²) in [7, 11) is 0. The summed E-state index contributed by atoms with van der Waals surface area (Å²) in [4.78, 5) is 83.2. The van der Waals surface area contributed by atoms with Gasteiger partial charge in [-0.2, -0.15) is 0 Å². The van der Waals surface area contributed by atoms with Gasteiger partial charge in [0.15, 0.2) is 0 Å². The van der Waals surface area contributed by atoms with Crippen molar-refractivity contribution in [3.63, 3.8) is 0 Å². The second-order valence-electron chi connectivity index (χ2n) is 8.72. The number of carbonyl (C=O) groups is 7. The molecule has 1 unspecified atom stereocenters. The molecule has 0 saturated heterocycles. The van der Waals surface area contributed by atoms with Gasteiger partial charge in [0.2, 0.25) is 29.4 Å². The second kappa shape index (κ2) is 14.8. The van der Waals surface area contributed by atoms with Gasteiger partial charge in [-0.1, -0.05) is 12.8 Å². The van der Waals surface area contributed by atoms with Crippen molar-refractivity contribution in [1.82, 2.24) is 26.6 Å². The Kier molecular flexibility index (Phi) is 12.5. The molecule has 0 spiro atoms. The van der Waals surface area contributed by atoms with Gasteiger partial charge < -0.3 is 36.8 Å². The zero-order chi connectivity index (χ0) is 27.4. The predicted octanol–water partition coefficient (Wildman–Crippen LogP) is -2.67. The Morgan fingerprint density at radius 2 is 1.50 bits per heavy atom. The fourth-order valence-electron chi connectivity index (χ4n) is 3.76. The zero-order valence-corrected chi connectivity index (χ0v) is 20.6. The fourth-order valence-corrected chi connectivity index (χ4v) is 3.76. The van der Waals surface area contributed by atoms with Gasteiger partial charge in [-0.15, -0.1) is 0 Å². The molecule has 0 aromatic rings. The molecule has 5 amide bonds. The molecule has 0 radical (unpaired) electrons. The van der Waals surface area contributed by atoms with E-state index in [1.807, 2.05) is 0 Å². The highest BCUT2D eigenvalue weighted by Crippen LogP contribution is 2.28. The molecule has 36 heavy (non-hydrogen) atoms. The maximum absolute atomic E-state index is 12.8. The molecule has 1 fully saturated rings. The van der Waals surface area contributed by atoms with E-state index in [0.29, 0.717) is 0 Å². The highest BCUT2D eigenvalue weighted by atomic mass is 16.4. The van der Waals surface area contributed by atoms with Crippen LogP contribution in [0.4, 0.5) is 0 Å². The number of aliphatic carboxylic acids is 1. The second-order valence-corrected chi connectivity index (χ2v) is 8.72. The van der Waals surface area contributed by atoms with Crippen LogP contribution >= 0.6 is 0 Å². The molecule has 1 rings (SSSR count). The molecule has 202 valence electrons. The monoisotopic (exact) mass is 513 g/mol. The van der Waals surface area contributed by atoms with Crippen molar-refractivity contribution in [2.75, 3.05) is 13.1 Å². The van der Waals surface area contributed by atoms with E-state index in [0.717, 1.165) is 25.7 Å². The van der Waals surface area contributed by atoms with Crippen LogP contribution in [0, 0.1) is 5.92 Å². The Balaban J connectivity index is 2.63. The van der Waals surface area contributed by atoms with Gasteiger partial charge >= 0.3 is 5.97 Å². The number of carboxylic acids is 1. The van der Waals surface area contributed by atoms with Crippen molar-refractivity contribution in [2.24, 2.45) is 5.92 Å². The van der Waals surface area contributed by atoms with Crippen molar-refractivity contribution in [1.29, 1.82) is 0 Å². The number of Topliss-reactive ketones (excluding diaryl/α,β-unsaturated/α-hetero) is 1. The smallest absolute Gasteiger partial charge is 0.305 e. The summed E-state index contributed by atoms with van der Waals surface area (Å²) < 4.78 is 0. The third kappa shape index (κ3) is 10.4. The number of rotatable bonds is 14. The molecule has 0 aromatic heterocycles. The largest absolute Gasteiger partial charge is 0.481 e. The first-order valence-corrected chi connectivity index (χ1v) is 11.7. The minimum absolute atomic E-state index is 0.0993. The third-order valence-electron chi connectivity index (χ3n) is 5.62. The van der Waals surface area contributed by atoms with Crippen LogP contribution in [0.3, 0.4) is 0 Å². The molecule has 14 heteroatoms. The molecule has 1 aliphatic carbocycles. The lowest BCUT2D eigenvalue weighted by Crippen LogP contribution is -2.59. The highest BCUT2D eigenvalue weighted by molar-refractivity contribution is 6.38. The third-order valence-corrected chi connectivity index (χ3v) is 5.62. The van der Waals surface area contributed by atoms with E-state index in [9.17, 15) is 38.7 Å². The predicted molar refractivity (Wildman–Crippen MR) is 124 cm³/mol. The molecule has 0 aromatic carbocycles. The summed E-state index contributed by atoms with van der Waals surface area (Å²) >= 11 is 0. The van der Waals surface area contributed by atoms with Gasteiger partial charge in [0.1, 0.15) is 12.1 Å². The Bertz CT molecular complexity index is 855. The molecule has 0 heterocycles. The molecule has 1 aliphatic rings. The van der Waals surface area contributed by atoms with Crippen LogP contribution in [0.1, 0.15) is 52.9 Å². The first-order valence-electron chi connectivity index (χ1n) is 11.7. The molecular weight excluding hydrogens is 478 g/mol. The quantitative estimate of drug-likeness (QED) is 0.120. The molecule has 7 N–H and O–H groups in total. The van der Waals surface area contributed by atoms with Crippen LogP contribution in [0.2, 0.25) is 0 Å². The van der Waals surface area contributed by atoms with Crippen molar-refractivity contribution in [2.45, 2.75) is 77.1 Å². The van der Waals surface area contributed by atoms with E-state index in [1.54, 1.807) is 0 Å².